The molecule has 4 aromatic rings. The van der Waals surface area contributed by atoms with Crippen molar-refractivity contribution in [3.63, 3.8) is 0 Å². The summed E-state index contributed by atoms with van der Waals surface area (Å²) in [7, 11) is 0. The highest BCUT2D eigenvalue weighted by Gasteiger charge is 2.29. The third kappa shape index (κ3) is 11.2. The Kier molecular flexibility index (Phi) is 15.1. The quantitative estimate of drug-likeness (QED) is 0.161. The van der Waals surface area contributed by atoms with Gasteiger partial charge in [0.25, 0.3) is 11.8 Å². The van der Waals surface area contributed by atoms with Crippen LogP contribution in [-0.4, -0.2) is 62.6 Å². The van der Waals surface area contributed by atoms with Crippen molar-refractivity contribution < 1.29 is 38.1 Å². The molecule has 2 N–H and O–H groups in total. The molecule has 12 heteroatoms. The third-order valence-electron chi connectivity index (χ3n) is 11.7. The zero-order valence-electron chi connectivity index (χ0n) is 35.4. The van der Waals surface area contributed by atoms with Gasteiger partial charge in [0.15, 0.2) is 0 Å². The topological polar surface area (TPSA) is 136 Å². The van der Waals surface area contributed by atoms with E-state index in [1.54, 1.807) is 23.6 Å². The minimum Gasteiger partial charge on any atom is -0.450 e. The highest BCUT2D eigenvalue weighted by Crippen LogP contribution is 2.39. The molecular weight excluding hydrogens is 773 g/mol. The van der Waals surface area contributed by atoms with Crippen LogP contribution in [0.5, 0.6) is 0 Å². The Hall–Kier alpha value is -5.72. The molecule has 4 aliphatic rings. The fourth-order valence-corrected chi connectivity index (χ4v) is 8.70. The molecular formula is C49H58N4O8. The van der Waals surface area contributed by atoms with Gasteiger partial charge in [-0.05, 0) is 124 Å². The van der Waals surface area contributed by atoms with Gasteiger partial charge in [-0.3, -0.25) is 30.0 Å². The molecule has 2 aliphatic carbocycles. The lowest BCUT2D eigenvalue weighted by atomic mass is 9.98. The van der Waals surface area contributed by atoms with Gasteiger partial charge in [0.05, 0.1) is 48.2 Å². The zero-order valence-corrected chi connectivity index (χ0v) is 35.4. The number of rotatable bonds is 10. The van der Waals surface area contributed by atoms with Gasteiger partial charge in [-0.25, -0.2) is 9.59 Å². The summed E-state index contributed by atoms with van der Waals surface area (Å²) in [6, 6.07) is 27.4. The Labute approximate surface area is 358 Å². The van der Waals surface area contributed by atoms with Crippen LogP contribution in [0, 0.1) is 0 Å². The zero-order chi connectivity index (χ0) is 42.6. The van der Waals surface area contributed by atoms with Crippen molar-refractivity contribution in [2.45, 2.75) is 110 Å². The molecule has 0 unspecified atom stereocenters. The number of nitrogens with one attached hydrogen (secondary N) is 2. The van der Waals surface area contributed by atoms with Crippen LogP contribution < -0.4 is 20.4 Å². The van der Waals surface area contributed by atoms with Gasteiger partial charge in [0.1, 0.15) is 13.2 Å². The molecule has 0 atom stereocenters. The van der Waals surface area contributed by atoms with Crippen molar-refractivity contribution in [1.29, 1.82) is 0 Å². The number of amides is 4. The molecule has 4 amide bonds. The second-order valence-electron chi connectivity index (χ2n) is 15.9. The minimum atomic E-state index is -0.506. The van der Waals surface area contributed by atoms with Crippen molar-refractivity contribution in [1.82, 2.24) is 0 Å². The van der Waals surface area contributed by atoms with Crippen molar-refractivity contribution in [3.8, 4) is 0 Å². The molecule has 61 heavy (non-hydrogen) atoms. The summed E-state index contributed by atoms with van der Waals surface area (Å²) in [6.45, 7) is 4.22. The van der Waals surface area contributed by atoms with Crippen LogP contribution in [0.2, 0.25) is 0 Å². The van der Waals surface area contributed by atoms with E-state index < -0.39 is 12.2 Å². The van der Waals surface area contributed by atoms with Crippen LogP contribution in [0.4, 0.5) is 43.7 Å². The van der Waals surface area contributed by atoms with Crippen LogP contribution in [0.15, 0.2) is 84.9 Å². The Morgan fingerprint density at radius 2 is 0.885 bits per heavy atom. The predicted molar refractivity (Wildman–Crippen MR) is 237 cm³/mol. The summed E-state index contributed by atoms with van der Waals surface area (Å²) in [5.41, 5.74) is 8.92. The number of aryl methyl sites for hydroxylation is 4. The number of para-hydroxylation sites is 2. The molecule has 0 radical (unpaired) electrons. The summed E-state index contributed by atoms with van der Waals surface area (Å²) in [5, 5.41) is 5.49. The van der Waals surface area contributed by atoms with Crippen molar-refractivity contribution >= 4 is 58.1 Å². The molecule has 2 fully saturated rings. The van der Waals surface area contributed by atoms with Gasteiger partial charge in [0, 0.05) is 11.4 Å². The van der Waals surface area contributed by atoms with Gasteiger partial charge < -0.3 is 18.9 Å². The Morgan fingerprint density at radius 3 is 1.30 bits per heavy atom. The molecule has 0 aromatic heterocycles. The van der Waals surface area contributed by atoms with E-state index in [4.69, 9.17) is 18.9 Å². The highest BCUT2D eigenvalue weighted by atomic mass is 16.6. The van der Waals surface area contributed by atoms with Crippen LogP contribution >= 0.6 is 0 Å². The van der Waals surface area contributed by atoms with E-state index in [2.05, 4.69) is 22.8 Å². The minimum absolute atomic E-state index is 0.0496. The maximum Gasteiger partial charge on any atom is 0.411 e. The lowest BCUT2D eigenvalue weighted by Gasteiger charge is -2.27. The van der Waals surface area contributed by atoms with E-state index in [1.165, 1.54) is 6.42 Å². The van der Waals surface area contributed by atoms with Crippen molar-refractivity contribution in [2.75, 3.05) is 46.9 Å². The van der Waals surface area contributed by atoms with Gasteiger partial charge in [-0.15, -0.1) is 0 Å². The summed E-state index contributed by atoms with van der Waals surface area (Å²) in [5.74, 6) is -0.180. The first-order valence-electron chi connectivity index (χ1n) is 22.0. The number of anilines is 6. The van der Waals surface area contributed by atoms with E-state index in [0.717, 1.165) is 122 Å². The number of benzene rings is 4. The molecule has 0 spiro atoms. The molecule has 2 aliphatic heterocycles. The maximum atomic E-state index is 13.4. The number of nitrogens with zero attached hydrogens (tertiary/aromatic N) is 2. The van der Waals surface area contributed by atoms with Crippen LogP contribution in [0.25, 0.3) is 0 Å². The number of carbonyl (C=O) groups is 4. The van der Waals surface area contributed by atoms with Crippen molar-refractivity contribution in [2.24, 2.45) is 0 Å². The summed E-state index contributed by atoms with van der Waals surface area (Å²) < 4.78 is 21.9. The van der Waals surface area contributed by atoms with Crippen LogP contribution in [0.1, 0.15) is 93.9 Å². The summed E-state index contributed by atoms with van der Waals surface area (Å²) in [6.07, 6.45) is 12.7. The second kappa shape index (κ2) is 21.2. The number of hydrogen-bond acceptors (Lipinski definition) is 8. The Balaban J connectivity index is 0.000000184. The fraction of sp³-hybridized carbons (Fsp3) is 0.429. The van der Waals surface area contributed by atoms with Gasteiger partial charge in [0.2, 0.25) is 0 Å². The van der Waals surface area contributed by atoms with E-state index in [9.17, 15) is 19.2 Å². The molecule has 0 saturated heterocycles. The van der Waals surface area contributed by atoms with E-state index in [1.807, 2.05) is 72.8 Å². The smallest absolute Gasteiger partial charge is 0.411 e. The molecule has 2 saturated carbocycles. The van der Waals surface area contributed by atoms with E-state index in [-0.39, 0.29) is 37.2 Å². The fourth-order valence-electron chi connectivity index (χ4n) is 8.70. The summed E-state index contributed by atoms with van der Waals surface area (Å²) >= 11 is 0. The first-order chi connectivity index (χ1) is 29.8. The van der Waals surface area contributed by atoms with Gasteiger partial charge >= 0.3 is 12.2 Å². The number of carbonyl (C=O) groups excluding carboxylic acids is 4. The monoisotopic (exact) mass is 830 g/mol. The van der Waals surface area contributed by atoms with Gasteiger partial charge in [-0.1, -0.05) is 80.6 Å². The maximum absolute atomic E-state index is 13.4. The van der Waals surface area contributed by atoms with Crippen LogP contribution in [-0.2, 0) is 54.2 Å². The average molecular weight is 831 g/mol. The third-order valence-corrected chi connectivity index (χ3v) is 11.7. The van der Waals surface area contributed by atoms with Crippen molar-refractivity contribution in [3.05, 3.63) is 107 Å². The largest absolute Gasteiger partial charge is 0.450 e. The predicted octanol–water partition coefficient (Wildman–Crippen LogP) is 10.3. The molecule has 322 valence electrons. The Bertz CT molecular complexity index is 2160. The average Bonchev–Trinajstić information content (AvgIpc) is 3.67. The standard InChI is InChI=1S/C25H30N2O4.C24H28N2O4/c1-2-30-25(29)26-20-15-14-19-13-12-18-8-6-7-11-22(18)27(23(19)16-20)24(28)17-31-21-9-4-3-5-10-21;1-2-29-24(28)25-19-14-13-18-12-11-17-7-3-6-10-21(17)26(22(18)15-19)23(27)16-30-20-8-4-5-9-20/h6-8,11,14-16,21H,2-5,9-10,12-13,17H2,1H3,(H,26,29);3,6-7,10,13-15,20H,2,4-5,8-9,11-12,16H2,1H3,(H,25,28). The SMILES string of the molecule is CCOC(=O)Nc1ccc2c(c1)N(C(=O)COC1CCCC1)c1ccccc1CC2.CCOC(=O)Nc1ccc2c(c1)N(C(=O)COC1CCCCC1)c1ccccc1CC2. The molecule has 0 bridgehead atoms. The number of ether oxygens (including phenoxy) is 4. The van der Waals surface area contributed by atoms with Gasteiger partial charge in [-0.2, -0.15) is 0 Å². The second-order valence-corrected chi connectivity index (χ2v) is 15.9. The molecule has 12 nitrogen and oxygen atoms in total. The first kappa shape index (κ1) is 43.4. The summed E-state index contributed by atoms with van der Waals surface area (Å²) in [4.78, 5) is 54.1. The normalized spacial score (nSPS) is 16.0. The highest BCUT2D eigenvalue weighted by molar-refractivity contribution is 6.05. The molecule has 4 aromatic carbocycles. The Morgan fingerprint density at radius 1 is 0.508 bits per heavy atom. The number of fused-ring (bicyclic) bond motifs is 4. The number of hydrogen-bond donors (Lipinski definition) is 2. The van der Waals surface area contributed by atoms with E-state index in [0.29, 0.717) is 24.6 Å². The lowest BCUT2D eigenvalue weighted by Crippen LogP contribution is -2.32. The molecule has 2 heterocycles. The lowest BCUT2D eigenvalue weighted by molar-refractivity contribution is -0.125. The first-order valence-corrected chi connectivity index (χ1v) is 22.0. The molecule has 8 rings (SSSR count). The van der Waals surface area contributed by atoms with Crippen LogP contribution in [0.3, 0.4) is 0 Å². The van der Waals surface area contributed by atoms with E-state index >= 15 is 0 Å².